The van der Waals surface area contributed by atoms with Crippen LogP contribution in [-0.4, -0.2) is 75.7 Å². The quantitative estimate of drug-likeness (QED) is 0.221. The van der Waals surface area contributed by atoms with Crippen LogP contribution in [0.2, 0.25) is 0 Å². The highest BCUT2D eigenvalue weighted by Crippen LogP contribution is 2.18. The van der Waals surface area contributed by atoms with Gasteiger partial charge in [0.15, 0.2) is 5.96 Å². The van der Waals surface area contributed by atoms with Crippen LogP contribution in [0.4, 0.5) is 0 Å². The molecule has 6 nitrogen and oxygen atoms in total. The van der Waals surface area contributed by atoms with Crippen molar-refractivity contribution in [2.75, 3.05) is 60.0 Å². The Morgan fingerprint density at radius 1 is 1.10 bits per heavy atom. The molecule has 1 unspecified atom stereocenters. The van der Waals surface area contributed by atoms with Crippen LogP contribution >= 0.6 is 24.0 Å². The predicted octanol–water partition coefficient (Wildman–Crippen LogP) is 3.59. The molecule has 1 aromatic carbocycles. The maximum atomic E-state index is 5.77. The Bertz CT molecular complexity index is 608. The number of aliphatic imine (C=N–C) groups is 1. The Labute approximate surface area is 200 Å². The minimum absolute atomic E-state index is 0. The molecule has 172 valence electrons. The zero-order valence-electron chi connectivity index (χ0n) is 19.5. The monoisotopic (exact) mass is 531 g/mol. The number of halogens is 1. The number of hydrogen-bond donors (Lipinski definition) is 2. The van der Waals surface area contributed by atoms with Gasteiger partial charge in [-0.2, -0.15) is 0 Å². The topological polar surface area (TPSA) is 52.1 Å². The van der Waals surface area contributed by atoms with Crippen LogP contribution in [0.5, 0.6) is 5.75 Å². The van der Waals surface area contributed by atoms with Gasteiger partial charge < -0.3 is 25.2 Å². The summed E-state index contributed by atoms with van der Waals surface area (Å²) in [5, 5.41) is 6.94. The van der Waals surface area contributed by atoms with E-state index in [-0.39, 0.29) is 30.0 Å². The zero-order valence-corrected chi connectivity index (χ0v) is 21.8. The van der Waals surface area contributed by atoms with Crippen LogP contribution in [0.25, 0.3) is 0 Å². The minimum atomic E-state index is 0. The molecule has 1 atom stereocenters. The van der Waals surface area contributed by atoms with Crippen molar-refractivity contribution in [2.24, 2.45) is 10.9 Å². The van der Waals surface area contributed by atoms with E-state index in [1.807, 2.05) is 19.2 Å². The fourth-order valence-electron chi connectivity index (χ4n) is 3.43. The van der Waals surface area contributed by atoms with Gasteiger partial charge in [-0.15, -0.1) is 24.0 Å². The Kier molecular flexibility index (Phi) is 13.4. The molecule has 0 saturated carbocycles. The lowest BCUT2D eigenvalue weighted by molar-refractivity contribution is 0.271. The fourth-order valence-corrected chi connectivity index (χ4v) is 3.43. The molecule has 1 saturated heterocycles. The first-order valence-corrected chi connectivity index (χ1v) is 11.1. The molecule has 2 N–H and O–H groups in total. The Morgan fingerprint density at radius 2 is 1.83 bits per heavy atom. The molecule has 0 bridgehead atoms. The van der Waals surface area contributed by atoms with Gasteiger partial charge in [-0.25, -0.2) is 0 Å². The molecule has 0 radical (unpaired) electrons. The molecular weight excluding hydrogens is 489 g/mol. The number of benzene rings is 1. The summed E-state index contributed by atoms with van der Waals surface area (Å²) in [7, 11) is 4.05. The smallest absolute Gasteiger partial charge is 0.191 e. The first kappa shape index (κ1) is 27.0. The molecule has 1 aromatic rings. The number of ether oxygens (including phenoxy) is 1. The largest absolute Gasteiger partial charge is 0.493 e. The van der Waals surface area contributed by atoms with Crippen molar-refractivity contribution in [1.29, 1.82) is 0 Å². The van der Waals surface area contributed by atoms with Crippen molar-refractivity contribution in [3.63, 3.8) is 0 Å². The Hall–Kier alpha value is -1.06. The SMILES string of the molecule is CN=C(NCCCN1CCCN(C)CC1)NC(C)c1ccc(OCC(C)C)cc1.I. The van der Waals surface area contributed by atoms with Crippen LogP contribution < -0.4 is 15.4 Å². The number of likely N-dealkylation sites (N-methyl/N-ethyl adjacent to an activating group) is 1. The summed E-state index contributed by atoms with van der Waals surface area (Å²) in [6, 6.07) is 8.52. The fraction of sp³-hybridized carbons (Fsp3) is 0.696. The minimum Gasteiger partial charge on any atom is -0.493 e. The van der Waals surface area contributed by atoms with E-state index in [2.05, 4.69) is 65.4 Å². The standard InChI is InChI=1S/C23H41N5O.HI/c1-19(2)18-29-22-10-8-21(9-11-22)20(3)26-23(24-4)25-12-6-14-28-15-7-13-27(5)16-17-28;/h8-11,19-20H,6-7,12-18H2,1-5H3,(H2,24,25,26);1H. The summed E-state index contributed by atoms with van der Waals surface area (Å²) in [4.78, 5) is 9.38. The van der Waals surface area contributed by atoms with Gasteiger partial charge >= 0.3 is 0 Å². The number of nitrogens with zero attached hydrogens (tertiary/aromatic N) is 3. The first-order chi connectivity index (χ1) is 14.0. The van der Waals surface area contributed by atoms with Crippen molar-refractivity contribution in [3.8, 4) is 5.75 Å². The van der Waals surface area contributed by atoms with E-state index >= 15 is 0 Å². The van der Waals surface area contributed by atoms with Crippen LogP contribution in [0.15, 0.2) is 29.3 Å². The van der Waals surface area contributed by atoms with Gasteiger partial charge in [0, 0.05) is 26.7 Å². The molecule has 7 heteroatoms. The lowest BCUT2D eigenvalue weighted by Crippen LogP contribution is -2.40. The molecule has 0 amide bonds. The maximum absolute atomic E-state index is 5.77. The van der Waals surface area contributed by atoms with E-state index in [1.165, 1.54) is 38.2 Å². The third kappa shape index (κ3) is 10.3. The van der Waals surface area contributed by atoms with E-state index < -0.39 is 0 Å². The second-order valence-electron chi connectivity index (χ2n) is 8.49. The first-order valence-electron chi connectivity index (χ1n) is 11.1. The van der Waals surface area contributed by atoms with Crippen molar-refractivity contribution >= 4 is 29.9 Å². The lowest BCUT2D eigenvalue weighted by atomic mass is 10.1. The third-order valence-corrected chi connectivity index (χ3v) is 5.30. The molecular formula is C23H42IN5O. The van der Waals surface area contributed by atoms with Crippen molar-refractivity contribution in [3.05, 3.63) is 29.8 Å². The van der Waals surface area contributed by atoms with Crippen LogP contribution in [0.3, 0.4) is 0 Å². The Morgan fingerprint density at radius 3 is 2.50 bits per heavy atom. The van der Waals surface area contributed by atoms with Gasteiger partial charge in [0.1, 0.15) is 5.75 Å². The molecule has 2 rings (SSSR count). The molecule has 1 heterocycles. The normalized spacial score (nSPS) is 17.2. The van der Waals surface area contributed by atoms with E-state index in [0.29, 0.717) is 5.92 Å². The van der Waals surface area contributed by atoms with Crippen LogP contribution in [-0.2, 0) is 0 Å². The van der Waals surface area contributed by atoms with E-state index in [0.717, 1.165) is 37.8 Å². The van der Waals surface area contributed by atoms with Crippen LogP contribution in [0.1, 0.15) is 45.2 Å². The van der Waals surface area contributed by atoms with Crippen LogP contribution in [0, 0.1) is 5.92 Å². The van der Waals surface area contributed by atoms with Gasteiger partial charge in [0.2, 0.25) is 0 Å². The van der Waals surface area contributed by atoms with Crippen molar-refractivity contribution in [1.82, 2.24) is 20.4 Å². The number of hydrogen-bond acceptors (Lipinski definition) is 4. The van der Waals surface area contributed by atoms with Gasteiger partial charge in [-0.05, 0) is 70.1 Å². The van der Waals surface area contributed by atoms with Gasteiger partial charge in [0.25, 0.3) is 0 Å². The highest BCUT2D eigenvalue weighted by Gasteiger charge is 2.12. The summed E-state index contributed by atoms with van der Waals surface area (Å²) in [5.41, 5.74) is 1.22. The average molecular weight is 532 g/mol. The number of rotatable bonds is 9. The summed E-state index contributed by atoms with van der Waals surface area (Å²) in [6.45, 7) is 14.1. The second kappa shape index (κ2) is 14.9. The average Bonchev–Trinajstić information content (AvgIpc) is 2.93. The van der Waals surface area contributed by atoms with Gasteiger partial charge in [-0.1, -0.05) is 26.0 Å². The summed E-state index contributed by atoms with van der Waals surface area (Å²) >= 11 is 0. The van der Waals surface area contributed by atoms with E-state index in [1.54, 1.807) is 0 Å². The van der Waals surface area contributed by atoms with E-state index in [4.69, 9.17) is 4.74 Å². The maximum Gasteiger partial charge on any atom is 0.191 e. The number of nitrogens with one attached hydrogen (secondary N) is 2. The summed E-state index contributed by atoms with van der Waals surface area (Å²) in [6.07, 6.45) is 2.40. The van der Waals surface area contributed by atoms with Gasteiger partial charge in [-0.3, -0.25) is 4.99 Å². The highest BCUT2D eigenvalue weighted by molar-refractivity contribution is 14.0. The summed E-state index contributed by atoms with van der Waals surface area (Å²) < 4.78 is 5.77. The zero-order chi connectivity index (χ0) is 21.1. The van der Waals surface area contributed by atoms with E-state index in [9.17, 15) is 0 Å². The highest BCUT2D eigenvalue weighted by atomic mass is 127. The Balaban J connectivity index is 0.00000450. The van der Waals surface area contributed by atoms with Crippen molar-refractivity contribution in [2.45, 2.75) is 39.7 Å². The molecule has 1 aliphatic rings. The number of guanidine groups is 1. The lowest BCUT2D eigenvalue weighted by Gasteiger charge is -2.21. The molecule has 30 heavy (non-hydrogen) atoms. The molecule has 0 spiro atoms. The molecule has 1 aliphatic heterocycles. The van der Waals surface area contributed by atoms with Gasteiger partial charge in [0.05, 0.1) is 12.6 Å². The molecule has 0 aromatic heterocycles. The molecule has 1 fully saturated rings. The summed E-state index contributed by atoms with van der Waals surface area (Å²) in [5.74, 6) is 2.32. The molecule has 0 aliphatic carbocycles. The van der Waals surface area contributed by atoms with Crippen molar-refractivity contribution < 1.29 is 4.74 Å². The second-order valence-corrected chi connectivity index (χ2v) is 8.49. The predicted molar refractivity (Wildman–Crippen MR) is 138 cm³/mol. The third-order valence-electron chi connectivity index (χ3n) is 5.30.